The molecule has 1 heterocycles. The van der Waals surface area contributed by atoms with Gasteiger partial charge >= 0.3 is 5.97 Å². The largest absolute Gasteiger partial charge is 0.463 e. The van der Waals surface area contributed by atoms with Crippen LogP contribution in [0.25, 0.3) is 0 Å². The van der Waals surface area contributed by atoms with Crippen LogP contribution in [-0.4, -0.2) is 18.5 Å². The molecule has 0 bridgehead atoms. The van der Waals surface area contributed by atoms with E-state index in [4.69, 9.17) is 9.15 Å². The molecule has 0 aliphatic heterocycles. The highest BCUT2D eigenvalue weighted by Gasteiger charge is 2.08. The van der Waals surface area contributed by atoms with Crippen LogP contribution in [0.2, 0.25) is 0 Å². The molecule has 1 aromatic heterocycles. The lowest BCUT2D eigenvalue weighted by molar-refractivity contribution is -0.137. The van der Waals surface area contributed by atoms with Crippen molar-refractivity contribution < 1.29 is 18.7 Å². The van der Waals surface area contributed by atoms with Crippen molar-refractivity contribution in [1.82, 2.24) is 5.32 Å². The number of furan rings is 1. The molecule has 0 saturated carbocycles. The average Bonchev–Trinajstić information content (AvgIpc) is 2.69. The fourth-order valence-corrected chi connectivity index (χ4v) is 1.05. The maximum atomic E-state index is 11.5. The minimum absolute atomic E-state index is 0.191. The Labute approximate surface area is 93.1 Å². The Kier molecular flexibility index (Phi) is 4.32. The fraction of sp³-hybridized carbons (Fsp3) is 0.273. The third kappa shape index (κ3) is 3.61. The van der Waals surface area contributed by atoms with E-state index in [1.54, 1.807) is 19.9 Å². The number of nitrogens with one attached hydrogen (secondary N) is 1. The molecule has 1 N–H and O–H groups in total. The highest BCUT2D eigenvalue weighted by atomic mass is 16.5. The van der Waals surface area contributed by atoms with E-state index in [1.165, 1.54) is 18.4 Å². The first-order valence-electron chi connectivity index (χ1n) is 4.83. The number of esters is 1. The minimum atomic E-state index is -0.486. The Morgan fingerprint density at radius 1 is 1.56 bits per heavy atom. The Hall–Kier alpha value is -2.04. The third-order valence-electron chi connectivity index (χ3n) is 1.68. The second kappa shape index (κ2) is 5.75. The van der Waals surface area contributed by atoms with Gasteiger partial charge in [-0.2, -0.15) is 0 Å². The number of allylic oxidation sites excluding steroid dienone is 1. The first-order chi connectivity index (χ1) is 7.63. The Balaban J connectivity index is 2.54. The molecule has 16 heavy (non-hydrogen) atoms. The minimum Gasteiger partial charge on any atom is -0.463 e. The summed E-state index contributed by atoms with van der Waals surface area (Å²) in [4.78, 5) is 22.5. The predicted molar refractivity (Wildman–Crippen MR) is 56.6 cm³/mol. The molecule has 0 atom stereocenters. The zero-order valence-corrected chi connectivity index (χ0v) is 9.15. The quantitative estimate of drug-likeness (QED) is 0.620. The van der Waals surface area contributed by atoms with Gasteiger partial charge in [0.1, 0.15) is 0 Å². The van der Waals surface area contributed by atoms with Crippen LogP contribution >= 0.6 is 0 Å². The van der Waals surface area contributed by atoms with Gasteiger partial charge in [-0.3, -0.25) is 4.79 Å². The standard InChI is InChI=1S/C11H13NO4/c1-3-15-10(13)7-8(2)12-11(14)9-5-4-6-16-9/h4-7H,3H2,1-2H3,(H,12,14). The van der Waals surface area contributed by atoms with Crippen molar-refractivity contribution in [1.29, 1.82) is 0 Å². The van der Waals surface area contributed by atoms with Gasteiger partial charge in [0.25, 0.3) is 5.91 Å². The molecule has 0 radical (unpaired) electrons. The summed E-state index contributed by atoms with van der Waals surface area (Å²) in [7, 11) is 0. The lowest BCUT2D eigenvalue weighted by Gasteiger charge is -2.02. The van der Waals surface area contributed by atoms with Crippen LogP contribution in [0.3, 0.4) is 0 Å². The molecule has 0 aliphatic carbocycles. The van der Waals surface area contributed by atoms with E-state index in [0.29, 0.717) is 12.3 Å². The smallest absolute Gasteiger partial charge is 0.332 e. The highest BCUT2D eigenvalue weighted by Crippen LogP contribution is 2.01. The third-order valence-corrected chi connectivity index (χ3v) is 1.68. The van der Waals surface area contributed by atoms with Gasteiger partial charge in [0, 0.05) is 11.8 Å². The monoisotopic (exact) mass is 223 g/mol. The molecule has 5 heteroatoms. The maximum absolute atomic E-state index is 11.5. The second-order valence-corrected chi connectivity index (χ2v) is 3.01. The van der Waals surface area contributed by atoms with Gasteiger partial charge in [0.2, 0.25) is 0 Å². The molecule has 1 aromatic rings. The predicted octanol–water partition coefficient (Wildman–Crippen LogP) is 1.48. The van der Waals surface area contributed by atoms with Gasteiger partial charge in [0.05, 0.1) is 12.9 Å². The number of carbonyl (C=O) groups is 2. The Morgan fingerprint density at radius 3 is 2.88 bits per heavy atom. The number of ether oxygens (including phenoxy) is 1. The van der Waals surface area contributed by atoms with E-state index in [-0.39, 0.29) is 5.76 Å². The summed E-state index contributed by atoms with van der Waals surface area (Å²) in [5.41, 5.74) is 0.403. The van der Waals surface area contributed by atoms with Crippen LogP contribution in [0.15, 0.2) is 34.6 Å². The van der Waals surface area contributed by atoms with Crippen LogP contribution in [-0.2, 0) is 9.53 Å². The summed E-state index contributed by atoms with van der Waals surface area (Å²) >= 11 is 0. The topological polar surface area (TPSA) is 68.5 Å². The average molecular weight is 223 g/mol. The van der Waals surface area contributed by atoms with Crippen molar-refractivity contribution in [2.24, 2.45) is 0 Å². The summed E-state index contributed by atoms with van der Waals surface area (Å²) < 4.78 is 9.59. The lowest BCUT2D eigenvalue weighted by atomic mass is 10.3. The van der Waals surface area contributed by atoms with Crippen molar-refractivity contribution in [3.63, 3.8) is 0 Å². The fourth-order valence-electron chi connectivity index (χ4n) is 1.05. The van der Waals surface area contributed by atoms with Crippen LogP contribution in [0, 0.1) is 0 Å². The lowest BCUT2D eigenvalue weighted by Crippen LogP contribution is -2.21. The van der Waals surface area contributed by atoms with Crippen molar-refractivity contribution in [2.75, 3.05) is 6.61 Å². The van der Waals surface area contributed by atoms with Crippen LogP contribution in [0.4, 0.5) is 0 Å². The van der Waals surface area contributed by atoms with E-state index in [0.717, 1.165) is 0 Å². The summed E-state index contributed by atoms with van der Waals surface area (Å²) in [6, 6.07) is 3.15. The molecular formula is C11H13NO4. The van der Waals surface area contributed by atoms with Crippen LogP contribution in [0.5, 0.6) is 0 Å². The van der Waals surface area contributed by atoms with Gasteiger partial charge in [-0.1, -0.05) is 0 Å². The van der Waals surface area contributed by atoms with Crippen LogP contribution < -0.4 is 5.32 Å². The number of hydrogen-bond donors (Lipinski definition) is 1. The van der Waals surface area contributed by atoms with E-state index in [9.17, 15) is 9.59 Å². The van der Waals surface area contributed by atoms with Gasteiger partial charge in [0.15, 0.2) is 5.76 Å². The molecule has 0 aromatic carbocycles. The van der Waals surface area contributed by atoms with Gasteiger partial charge in [-0.05, 0) is 26.0 Å². The maximum Gasteiger partial charge on any atom is 0.332 e. The van der Waals surface area contributed by atoms with Crippen molar-refractivity contribution in [2.45, 2.75) is 13.8 Å². The number of carbonyl (C=O) groups excluding carboxylic acids is 2. The van der Waals surface area contributed by atoms with Gasteiger partial charge < -0.3 is 14.5 Å². The second-order valence-electron chi connectivity index (χ2n) is 3.01. The van der Waals surface area contributed by atoms with Crippen LogP contribution in [0.1, 0.15) is 24.4 Å². The SMILES string of the molecule is CCOC(=O)C=C(C)NC(=O)c1ccco1. The van der Waals surface area contributed by atoms with E-state index < -0.39 is 11.9 Å². The zero-order valence-electron chi connectivity index (χ0n) is 9.15. The molecule has 1 rings (SSSR count). The zero-order chi connectivity index (χ0) is 12.0. The first kappa shape index (κ1) is 12.0. The van der Waals surface area contributed by atoms with E-state index in [2.05, 4.69) is 5.32 Å². The van der Waals surface area contributed by atoms with Gasteiger partial charge in [-0.15, -0.1) is 0 Å². The first-order valence-corrected chi connectivity index (χ1v) is 4.83. The highest BCUT2D eigenvalue weighted by molar-refractivity contribution is 5.93. The van der Waals surface area contributed by atoms with Crippen molar-refractivity contribution in [3.05, 3.63) is 35.9 Å². The molecule has 5 nitrogen and oxygen atoms in total. The Morgan fingerprint density at radius 2 is 2.31 bits per heavy atom. The van der Waals surface area contributed by atoms with Crippen molar-refractivity contribution in [3.8, 4) is 0 Å². The molecule has 0 saturated heterocycles. The molecule has 0 spiro atoms. The summed E-state index contributed by atoms with van der Waals surface area (Å²) in [5.74, 6) is -0.695. The van der Waals surface area contributed by atoms with Gasteiger partial charge in [-0.25, -0.2) is 4.79 Å². The normalized spacial score (nSPS) is 11.0. The molecule has 86 valence electrons. The van der Waals surface area contributed by atoms with E-state index >= 15 is 0 Å². The summed E-state index contributed by atoms with van der Waals surface area (Å²) in [6.45, 7) is 3.61. The number of rotatable bonds is 4. The number of hydrogen-bond acceptors (Lipinski definition) is 4. The molecule has 0 unspecified atom stereocenters. The summed E-state index contributed by atoms with van der Waals surface area (Å²) in [5, 5.41) is 2.50. The summed E-state index contributed by atoms with van der Waals surface area (Å²) in [6.07, 6.45) is 2.61. The molecule has 0 aliphatic rings. The van der Waals surface area contributed by atoms with Crippen molar-refractivity contribution >= 4 is 11.9 Å². The molecule has 0 fully saturated rings. The molecular weight excluding hydrogens is 210 g/mol. The number of amides is 1. The Bertz CT molecular complexity index is 392. The van der Waals surface area contributed by atoms with E-state index in [1.807, 2.05) is 0 Å². The molecule has 1 amide bonds.